The summed E-state index contributed by atoms with van der Waals surface area (Å²) in [5, 5.41) is 0.367. The molecule has 156 valence electrons. The van der Waals surface area contributed by atoms with Gasteiger partial charge >= 0.3 is 0 Å². The lowest BCUT2D eigenvalue weighted by atomic mass is 10.0. The maximum absolute atomic E-state index is 12.7. The Bertz CT molecular complexity index is 1210. The highest BCUT2D eigenvalue weighted by Gasteiger charge is 2.22. The Morgan fingerprint density at radius 3 is 2.55 bits per heavy atom. The van der Waals surface area contributed by atoms with Gasteiger partial charge in [0.2, 0.25) is 5.95 Å². The van der Waals surface area contributed by atoms with E-state index < -0.39 is 0 Å². The van der Waals surface area contributed by atoms with Gasteiger partial charge in [0.1, 0.15) is 5.82 Å². The number of halogens is 1. The third-order valence-electron chi connectivity index (χ3n) is 5.09. The van der Waals surface area contributed by atoms with Crippen molar-refractivity contribution in [1.29, 1.82) is 0 Å². The number of nitrogens with two attached hydrogens (primary N) is 2. The summed E-state index contributed by atoms with van der Waals surface area (Å²) in [5.74, 6) is 6.69. The molecule has 1 aliphatic heterocycles. The van der Waals surface area contributed by atoms with Gasteiger partial charge in [-0.1, -0.05) is 29.5 Å². The van der Waals surface area contributed by atoms with E-state index in [0.29, 0.717) is 44.5 Å². The molecule has 1 saturated heterocycles. The molecule has 1 amide bonds. The SMILES string of the molecule is Cc1nc(N)nc(-c2ccc(C(=O)N3CCCC3)c(Cl)c2)c1C#Cc1ccc(N)nc1. The summed E-state index contributed by atoms with van der Waals surface area (Å²) in [5.41, 5.74) is 15.3. The number of amides is 1. The van der Waals surface area contributed by atoms with Crippen LogP contribution < -0.4 is 11.5 Å². The third kappa shape index (κ3) is 4.44. The number of anilines is 2. The lowest BCUT2D eigenvalue weighted by molar-refractivity contribution is 0.0793. The second-order valence-corrected chi connectivity index (χ2v) is 7.71. The molecule has 0 unspecified atom stereocenters. The van der Waals surface area contributed by atoms with Gasteiger partial charge in [-0.2, -0.15) is 0 Å². The van der Waals surface area contributed by atoms with Crippen LogP contribution in [-0.4, -0.2) is 38.8 Å². The minimum absolute atomic E-state index is 0.0525. The molecule has 3 heterocycles. The van der Waals surface area contributed by atoms with Gasteiger partial charge in [-0.3, -0.25) is 4.79 Å². The average Bonchev–Trinajstić information content (AvgIpc) is 3.28. The van der Waals surface area contributed by atoms with Gasteiger partial charge in [-0.25, -0.2) is 15.0 Å². The number of nitrogens with zero attached hydrogens (tertiary/aromatic N) is 4. The highest BCUT2D eigenvalue weighted by atomic mass is 35.5. The molecule has 0 bridgehead atoms. The maximum atomic E-state index is 12.7. The number of carbonyl (C=O) groups excluding carboxylic acids is 1. The van der Waals surface area contributed by atoms with Gasteiger partial charge in [0.15, 0.2) is 0 Å². The summed E-state index contributed by atoms with van der Waals surface area (Å²) in [6, 6.07) is 8.74. The van der Waals surface area contributed by atoms with Crippen LogP contribution in [0.4, 0.5) is 11.8 Å². The van der Waals surface area contributed by atoms with E-state index in [1.165, 1.54) is 0 Å². The first-order valence-electron chi connectivity index (χ1n) is 9.89. The number of likely N-dealkylation sites (tertiary alicyclic amines) is 1. The van der Waals surface area contributed by atoms with Crippen molar-refractivity contribution in [2.45, 2.75) is 19.8 Å². The van der Waals surface area contributed by atoms with E-state index in [4.69, 9.17) is 23.1 Å². The molecule has 1 aliphatic rings. The van der Waals surface area contributed by atoms with Crippen molar-refractivity contribution >= 4 is 29.3 Å². The topological polar surface area (TPSA) is 111 Å². The Kier molecular flexibility index (Phi) is 5.74. The smallest absolute Gasteiger partial charge is 0.255 e. The zero-order valence-corrected chi connectivity index (χ0v) is 17.8. The molecule has 4 N–H and O–H groups in total. The number of rotatable bonds is 2. The van der Waals surface area contributed by atoms with Crippen LogP contribution in [0.3, 0.4) is 0 Å². The van der Waals surface area contributed by atoms with Crippen LogP contribution in [-0.2, 0) is 0 Å². The van der Waals surface area contributed by atoms with Crippen LogP contribution in [0, 0.1) is 18.8 Å². The monoisotopic (exact) mass is 432 g/mol. The standard InChI is InChI=1S/C23H21ClN6O/c1-14-17(7-4-15-5-9-20(25)27-13-15)21(29-23(26)28-14)16-6-8-18(19(24)12-16)22(31)30-10-2-3-11-30/h5-6,8-9,12-13H,2-3,10-11H2,1H3,(H2,25,27)(H2,26,28,29). The number of aromatic nitrogens is 3. The number of nitrogen functional groups attached to an aromatic ring is 2. The molecule has 7 nitrogen and oxygen atoms in total. The number of pyridine rings is 1. The highest BCUT2D eigenvalue weighted by Crippen LogP contribution is 2.29. The van der Waals surface area contributed by atoms with Crippen molar-refractivity contribution in [2.24, 2.45) is 0 Å². The van der Waals surface area contributed by atoms with Crippen molar-refractivity contribution in [1.82, 2.24) is 19.9 Å². The predicted octanol–water partition coefficient (Wildman–Crippen LogP) is 3.30. The van der Waals surface area contributed by atoms with E-state index in [1.54, 1.807) is 30.5 Å². The molecule has 4 rings (SSSR count). The van der Waals surface area contributed by atoms with E-state index in [9.17, 15) is 4.79 Å². The molecule has 2 aromatic heterocycles. The second kappa shape index (κ2) is 8.62. The highest BCUT2D eigenvalue weighted by molar-refractivity contribution is 6.34. The van der Waals surface area contributed by atoms with Crippen LogP contribution >= 0.6 is 11.6 Å². The van der Waals surface area contributed by atoms with Crippen LogP contribution in [0.15, 0.2) is 36.5 Å². The van der Waals surface area contributed by atoms with E-state index in [-0.39, 0.29) is 11.9 Å². The van der Waals surface area contributed by atoms with Crippen molar-refractivity contribution in [3.63, 3.8) is 0 Å². The van der Waals surface area contributed by atoms with E-state index >= 15 is 0 Å². The van der Waals surface area contributed by atoms with Gasteiger partial charge in [0.05, 0.1) is 27.5 Å². The molecular formula is C23H21ClN6O. The molecule has 0 radical (unpaired) electrons. The average molecular weight is 433 g/mol. The fraction of sp³-hybridized carbons (Fsp3) is 0.217. The first-order valence-corrected chi connectivity index (χ1v) is 10.3. The molecular weight excluding hydrogens is 412 g/mol. The van der Waals surface area contributed by atoms with E-state index in [2.05, 4.69) is 26.8 Å². The molecule has 0 aliphatic carbocycles. The summed E-state index contributed by atoms with van der Waals surface area (Å²) in [6.07, 6.45) is 3.64. The summed E-state index contributed by atoms with van der Waals surface area (Å²) in [7, 11) is 0. The number of aryl methyl sites for hydroxylation is 1. The number of hydrogen-bond acceptors (Lipinski definition) is 6. The van der Waals surface area contributed by atoms with Gasteiger partial charge in [-0.05, 0) is 44.0 Å². The van der Waals surface area contributed by atoms with Crippen LogP contribution in [0.1, 0.15) is 40.0 Å². The lowest BCUT2D eigenvalue weighted by Crippen LogP contribution is -2.27. The first kappa shape index (κ1) is 20.6. The molecule has 0 atom stereocenters. The van der Waals surface area contributed by atoms with Crippen molar-refractivity contribution in [3.05, 3.63) is 63.9 Å². The predicted molar refractivity (Wildman–Crippen MR) is 121 cm³/mol. The zero-order chi connectivity index (χ0) is 22.0. The largest absolute Gasteiger partial charge is 0.384 e. The van der Waals surface area contributed by atoms with Crippen LogP contribution in [0.2, 0.25) is 5.02 Å². The molecule has 1 fully saturated rings. The molecule has 31 heavy (non-hydrogen) atoms. The fourth-order valence-corrected chi connectivity index (χ4v) is 3.75. The van der Waals surface area contributed by atoms with Gasteiger partial charge in [-0.15, -0.1) is 0 Å². The van der Waals surface area contributed by atoms with Crippen molar-refractivity contribution in [2.75, 3.05) is 24.6 Å². The number of benzene rings is 1. The number of hydrogen-bond donors (Lipinski definition) is 2. The Labute approximate surface area is 185 Å². The van der Waals surface area contributed by atoms with Gasteiger partial charge in [0, 0.05) is 30.4 Å². The summed E-state index contributed by atoms with van der Waals surface area (Å²) in [4.78, 5) is 27.2. The Balaban J connectivity index is 1.73. The molecule has 0 saturated carbocycles. The van der Waals surface area contributed by atoms with Crippen molar-refractivity contribution in [3.8, 4) is 23.1 Å². The summed E-state index contributed by atoms with van der Waals surface area (Å²) < 4.78 is 0. The first-order chi connectivity index (χ1) is 14.9. The Hall–Kier alpha value is -3.63. The summed E-state index contributed by atoms with van der Waals surface area (Å²) in [6.45, 7) is 3.34. The molecule has 3 aromatic rings. The van der Waals surface area contributed by atoms with E-state index in [0.717, 1.165) is 25.9 Å². The molecule has 0 spiro atoms. The molecule has 1 aromatic carbocycles. The quantitative estimate of drug-likeness (QED) is 0.601. The minimum atomic E-state index is -0.0525. The Morgan fingerprint density at radius 1 is 1.10 bits per heavy atom. The Morgan fingerprint density at radius 2 is 1.87 bits per heavy atom. The zero-order valence-electron chi connectivity index (χ0n) is 17.0. The minimum Gasteiger partial charge on any atom is -0.384 e. The van der Waals surface area contributed by atoms with Crippen LogP contribution in [0.25, 0.3) is 11.3 Å². The third-order valence-corrected chi connectivity index (χ3v) is 5.40. The molecule has 8 heteroatoms. The number of carbonyl (C=O) groups is 1. The van der Waals surface area contributed by atoms with Crippen LogP contribution in [0.5, 0.6) is 0 Å². The maximum Gasteiger partial charge on any atom is 0.255 e. The van der Waals surface area contributed by atoms with Gasteiger partial charge < -0.3 is 16.4 Å². The lowest BCUT2D eigenvalue weighted by Gasteiger charge is -2.16. The van der Waals surface area contributed by atoms with Crippen molar-refractivity contribution < 1.29 is 4.79 Å². The van der Waals surface area contributed by atoms with E-state index in [1.807, 2.05) is 17.9 Å². The second-order valence-electron chi connectivity index (χ2n) is 7.31. The normalized spacial score (nSPS) is 13.0. The van der Waals surface area contributed by atoms with Gasteiger partial charge in [0.25, 0.3) is 5.91 Å². The fourth-order valence-electron chi connectivity index (χ4n) is 3.49. The summed E-state index contributed by atoms with van der Waals surface area (Å²) >= 11 is 6.49.